The van der Waals surface area contributed by atoms with Gasteiger partial charge in [0, 0.05) is 5.69 Å². The van der Waals surface area contributed by atoms with Gasteiger partial charge in [-0.3, -0.25) is 4.79 Å². The number of hydrogen-bond acceptors (Lipinski definition) is 4. The van der Waals surface area contributed by atoms with Crippen molar-refractivity contribution >= 4 is 40.3 Å². The van der Waals surface area contributed by atoms with E-state index in [-0.39, 0.29) is 11.3 Å². The van der Waals surface area contributed by atoms with Gasteiger partial charge in [0.2, 0.25) is 0 Å². The first-order chi connectivity index (χ1) is 14.0. The first-order valence-corrected chi connectivity index (χ1v) is 9.81. The molecule has 0 saturated heterocycles. The van der Waals surface area contributed by atoms with Gasteiger partial charge in [0.15, 0.2) is 0 Å². The molecular formula is C23H17IN2O3. The number of amides is 1. The third kappa shape index (κ3) is 5.83. The number of ether oxygens (including phenoxy) is 1. The molecule has 0 spiro atoms. The van der Waals surface area contributed by atoms with Crippen molar-refractivity contribution in [1.82, 2.24) is 0 Å². The Morgan fingerprint density at radius 3 is 2.48 bits per heavy atom. The normalized spacial score (nSPS) is 10.8. The monoisotopic (exact) mass is 496 g/mol. The molecule has 3 aromatic rings. The van der Waals surface area contributed by atoms with E-state index < -0.39 is 5.91 Å². The Balaban J connectivity index is 1.70. The zero-order valence-electron chi connectivity index (χ0n) is 15.3. The van der Waals surface area contributed by atoms with Gasteiger partial charge in [-0.05, 0) is 76.2 Å². The zero-order valence-corrected chi connectivity index (χ0v) is 17.5. The molecule has 3 aromatic carbocycles. The number of anilines is 1. The van der Waals surface area contributed by atoms with Gasteiger partial charge in [0.25, 0.3) is 5.91 Å². The van der Waals surface area contributed by atoms with E-state index in [1.807, 2.05) is 48.5 Å². The molecule has 144 valence electrons. The van der Waals surface area contributed by atoms with Gasteiger partial charge in [-0.2, -0.15) is 5.26 Å². The van der Waals surface area contributed by atoms with Crippen LogP contribution in [0.1, 0.15) is 11.1 Å². The van der Waals surface area contributed by atoms with Crippen molar-refractivity contribution in [1.29, 1.82) is 5.26 Å². The number of nitrogens with zero attached hydrogens (tertiary/aromatic N) is 1. The van der Waals surface area contributed by atoms with Crippen molar-refractivity contribution < 1.29 is 14.6 Å². The molecule has 0 unspecified atom stereocenters. The highest BCUT2D eigenvalue weighted by Crippen LogP contribution is 2.24. The largest absolute Gasteiger partial charge is 0.508 e. The van der Waals surface area contributed by atoms with Gasteiger partial charge < -0.3 is 15.2 Å². The average molecular weight is 496 g/mol. The van der Waals surface area contributed by atoms with Gasteiger partial charge in [0.05, 0.1) is 3.57 Å². The van der Waals surface area contributed by atoms with Crippen molar-refractivity contribution in [3.63, 3.8) is 0 Å². The number of phenols is 1. The summed E-state index contributed by atoms with van der Waals surface area (Å²) in [6.45, 7) is 0.463. The molecule has 0 atom stereocenters. The summed E-state index contributed by atoms with van der Waals surface area (Å²) in [5.74, 6) is 0.319. The third-order valence-electron chi connectivity index (χ3n) is 3.99. The summed E-state index contributed by atoms with van der Waals surface area (Å²) in [6.07, 6.45) is 1.53. The maximum atomic E-state index is 12.4. The Bertz CT molecular complexity index is 1070. The van der Waals surface area contributed by atoms with Crippen LogP contribution in [-0.4, -0.2) is 11.0 Å². The lowest BCUT2D eigenvalue weighted by atomic mass is 10.1. The number of rotatable bonds is 6. The van der Waals surface area contributed by atoms with Gasteiger partial charge in [-0.15, -0.1) is 0 Å². The fourth-order valence-electron chi connectivity index (χ4n) is 2.52. The molecule has 29 heavy (non-hydrogen) atoms. The predicted octanol–water partition coefficient (Wildman–Crippen LogP) is 5.12. The third-order valence-corrected chi connectivity index (χ3v) is 4.84. The van der Waals surface area contributed by atoms with Crippen molar-refractivity contribution in [2.75, 3.05) is 5.32 Å². The van der Waals surface area contributed by atoms with E-state index in [9.17, 15) is 15.2 Å². The minimum absolute atomic E-state index is 0.0215. The minimum Gasteiger partial charge on any atom is -0.508 e. The summed E-state index contributed by atoms with van der Waals surface area (Å²) in [5, 5.41) is 21.3. The van der Waals surface area contributed by atoms with Crippen LogP contribution in [0.3, 0.4) is 0 Å². The SMILES string of the molecule is N#C/C(=C\c1ccc(OCc2ccccc2)c(I)c1)C(=O)Nc1ccc(O)cc1. The molecule has 3 rings (SSSR count). The minimum atomic E-state index is -0.516. The van der Waals surface area contributed by atoms with E-state index in [4.69, 9.17) is 4.74 Å². The molecule has 1 amide bonds. The molecule has 2 N–H and O–H groups in total. The van der Waals surface area contributed by atoms with E-state index in [0.717, 1.165) is 20.4 Å². The highest BCUT2D eigenvalue weighted by atomic mass is 127. The van der Waals surface area contributed by atoms with Crippen LogP contribution < -0.4 is 10.1 Å². The first-order valence-electron chi connectivity index (χ1n) is 8.73. The maximum Gasteiger partial charge on any atom is 0.266 e. The molecule has 0 aliphatic rings. The number of hydrogen-bond donors (Lipinski definition) is 2. The second-order valence-electron chi connectivity index (χ2n) is 6.13. The number of nitrogens with one attached hydrogen (secondary N) is 1. The van der Waals surface area contributed by atoms with E-state index >= 15 is 0 Å². The van der Waals surface area contributed by atoms with Crippen LogP contribution >= 0.6 is 22.6 Å². The van der Waals surface area contributed by atoms with E-state index in [2.05, 4.69) is 27.9 Å². The number of phenolic OH excluding ortho intramolecular Hbond substituents is 1. The van der Waals surface area contributed by atoms with Crippen molar-refractivity contribution in [2.24, 2.45) is 0 Å². The average Bonchev–Trinajstić information content (AvgIpc) is 2.73. The molecule has 0 radical (unpaired) electrons. The summed E-state index contributed by atoms with van der Waals surface area (Å²) in [5.41, 5.74) is 2.27. The number of carbonyl (C=O) groups excluding carboxylic acids is 1. The second-order valence-corrected chi connectivity index (χ2v) is 7.30. The lowest BCUT2D eigenvalue weighted by Gasteiger charge is -2.09. The van der Waals surface area contributed by atoms with Gasteiger partial charge in [-0.1, -0.05) is 36.4 Å². The van der Waals surface area contributed by atoms with Crippen LogP contribution in [0.4, 0.5) is 5.69 Å². The molecule has 0 heterocycles. The standard InChI is InChI=1S/C23H17IN2O3/c24-21-13-17(6-11-22(21)29-15-16-4-2-1-3-5-16)12-18(14-25)23(28)26-19-7-9-20(27)10-8-19/h1-13,27H,15H2,(H,26,28)/b18-12+. The second kappa shape index (κ2) is 9.75. The highest BCUT2D eigenvalue weighted by Gasteiger charge is 2.10. The number of benzene rings is 3. The van der Waals surface area contributed by atoms with Crippen molar-refractivity contribution in [2.45, 2.75) is 6.61 Å². The van der Waals surface area contributed by atoms with Gasteiger partial charge in [0.1, 0.15) is 29.7 Å². The quantitative estimate of drug-likeness (QED) is 0.215. The molecule has 0 bridgehead atoms. The summed E-state index contributed by atoms with van der Waals surface area (Å²) >= 11 is 2.17. The molecule has 5 nitrogen and oxygen atoms in total. The lowest BCUT2D eigenvalue weighted by molar-refractivity contribution is -0.112. The molecule has 0 aromatic heterocycles. The molecule has 0 aliphatic carbocycles. The number of aromatic hydroxyl groups is 1. The molecule has 6 heteroatoms. The lowest BCUT2D eigenvalue weighted by Crippen LogP contribution is -2.13. The maximum absolute atomic E-state index is 12.4. The molecular weight excluding hydrogens is 479 g/mol. The molecule has 0 aliphatic heterocycles. The van der Waals surface area contributed by atoms with Crippen LogP contribution in [0.5, 0.6) is 11.5 Å². The smallest absolute Gasteiger partial charge is 0.266 e. The first kappa shape index (κ1) is 20.4. The predicted molar refractivity (Wildman–Crippen MR) is 120 cm³/mol. The van der Waals surface area contributed by atoms with Crippen LogP contribution in [-0.2, 0) is 11.4 Å². The topological polar surface area (TPSA) is 82.3 Å². The van der Waals surface area contributed by atoms with Crippen LogP contribution in [0, 0.1) is 14.9 Å². The fraction of sp³-hybridized carbons (Fsp3) is 0.0435. The van der Waals surface area contributed by atoms with Crippen LogP contribution in [0.15, 0.2) is 78.4 Å². The molecule has 0 fully saturated rings. The van der Waals surface area contributed by atoms with Crippen molar-refractivity contribution in [3.05, 3.63) is 93.1 Å². The summed E-state index contributed by atoms with van der Waals surface area (Å²) < 4.78 is 6.73. The summed E-state index contributed by atoms with van der Waals surface area (Å²) in [4.78, 5) is 12.4. The fourth-order valence-corrected chi connectivity index (χ4v) is 3.21. The Morgan fingerprint density at radius 1 is 1.10 bits per heavy atom. The van der Waals surface area contributed by atoms with E-state index in [0.29, 0.717) is 12.3 Å². The number of carbonyl (C=O) groups is 1. The summed E-state index contributed by atoms with van der Waals surface area (Å²) in [6, 6.07) is 23.3. The van der Waals surface area contributed by atoms with Crippen LogP contribution in [0.25, 0.3) is 6.08 Å². The number of nitriles is 1. The zero-order chi connectivity index (χ0) is 20.6. The van der Waals surface area contributed by atoms with E-state index in [1.165, 1.54) is 18.2 Å². The Morgan fingerprint density at radius 2 is 1.83 bits per heavy atom. The van der Waals surface area contributed by atoms with E-state index in [1.54, 1.807) is 18.2 Å². The van der Waals surface area contributed by atoms with Gasteiger partial charge in [-0.25, -0.2) is 0 Å². The van der Waals surface area contributed by atoms with Crippen molar-refractivity contribution in [3.8, 4) is 17.6 Å². The number of halogens is 1. The Labute approximate surface area is 182 Å². The summed E-state index contributed by atoms with van der Waals surface area (Å²) in [7, 11) is 0. The Kier molecular flexibility index (Phi) is 6.87. The Hall–Kier alpha value is -3.31. The van der Waals surface area contributed by atoms with Crippen LogP contribution in [0.2, 0.25) is 0 Å². The molecule has 0 saturated carbocycles. The van der Waals surface area contributed by atoms with Gasteiger partial charge >= 0.3 is 0 Å². The highest BCUT2D eigenvalue weighted by molar-refractivity contribution is 14.1.